The van der Waals surface area contributed by atoms with Crippen molar-refractivity contribution >= 4 is 29.3 Å². The molecule has 25 heavy (non-hydrogen) atoms. The average Bonchev–Trinajstić information content (AvgIpc) is 2.97. The van der Waals surface area contributed by atoms with Crippen LogP contribution in [-0.4, -0.2) is 21.2 Å². The summed E-state index contributed by atoms with van der Waals surface area (Å²) in [6, 6.07) is 8.79. The minimum absolute atomic E-state index is 0.0748. The van der Waals surface area contributed by atoms with Gasteiger partial charge in [-0.3, -0.25) is 14.2 Å². The first-order chi connectivity index (χ1) is 11.9. The van der Waals surface area contributed by atoms with Crippen LogP contribution in [0.2, 0.25) is 5.02 Å². The molecule has 3 rings (SSSR count). The van der Waals surface area contributed by atoms with Gasteiger partial charge >= 0.3 is 0 Å². The van der Waals surface area contributed by atoms with Crippen LogP contribution in [0.3, 0.4) is 0 Å². The van der Waals surface area contributed by atoms with Crippen molar-refractivity contribution < 1.29 is 4.79 Å². The highest BCUT2D eigenvalue weighted by Gasteiger charge is 2.27. The van der Waals surface area contributed by atoms with E-state index in [4.69, 9.17) is 11.6 Å². The summed E-state index contributed by atoms with van der Waals surface area (Å²) in [6.07, 6.45) is 0.274. The second-order valence-corrected chi connectivity index (χ2v) is 7.82. The first-order valence-electron chi connectivity index (χ1n) is 8.21. The van der Waals surface area contributed by atoms with Crippen molar-refractivity contribution in [1.29, 1.82) is 0 Å². The summed E-state index contributed by atoms with van der Waals surface area (Å²) >= 11 is 7.39. The number of hydrogen-bond acceptors (Lipinski definition) is 4. The predicted octanol–water partition coefficient (Wildman–Crippen LogP) is 3.37. The number of carbonyl (C=O) groups excluding carboxylic acids is 1. The van der Waals surface area contributed by atoms with Crippen molar-refractivity contribution in [1.82, 2.24) is 14.9 Å². The zero-order valence-corrected chi connectivity index (χ0v) is 15.7. The SMILES string of the molecule is CC(C)c1cc(=O)n2c(n1)SC[C@H]2CC(=O)NCc1ccc(Cl)cc1. The molecule has 1 N–H and O–H groups in total. The van der Waals surface area contributed by atoms with E-state index in [2.05, 4.69) is 10.3 Å². The lowest BCUT2D eigenvalue weighted by Crippen LogP contribution is -2.30. The molecule has 1 aliphatic rings. The van der Waals surface area contributed by atoms with E-state index < -0.39 is 0 Å². The van der Waals surface area contributed by atoms with Gasteiger partial charge in [0.25, 0.3) is 5.56 Å². The molecule has 0 aliphatic carbocycles. The Labute approximate surface area is 155 Å². The number of thioether (sulfide) groups is 1. The second-order valence-electron chi connectivity index (χ2n) is 6.40. The van der Waals surface area contributed by atoms with Gasteiger partial charge in [-0.1, -0.05) is 49.3 Å². The molecule has 1 atom stereocenters. The third-order valence-corrected chi connectivity index (χ3v) is 5.47. The molecule has 0 fully saturated rings. The number of amides is 1. The Balaban J connectivity index is 1.64. The normalized spacial score (nSPS) is 16.1. The van der Waals surface area contributed by atoms with Gasteiger partial charge < -0.3 is 5.32 Å². The zero-order chi connectivity index (χ0) is 18.0. The van der Waals surface area contributed by atoms with Gasteiger partial charge in [-0.25, -0.2) is 4.98 Å². The Hall–Kier alpha value is -1.79. The highest BCUT2D eigenvalue weighted by Crippen LogP contribution is 2.32. The number of fused-ring (bicyclic) bond motifs is 1. The zero-order valence-electron chi connectivity index (χ0n) is 14.2. The fourth-order valence-electron chi connectivity index (χ4n) is 2.71. The predicted molar refractivity (Wildman–Crippen MR) is 100 cm³/mol. The average molecular weight is 378 g/mol. The number of hydrogen-bond donors (Lipinski definition) is 1. The van der Waals surface area contributed by atoms with Crippen LogP contribution in [0.25, 0.3) is 0 Å². The molecule has 5 nitrogen and oxygen atoms in total. The molecule has 1 amide bonds. The molecular formula is C18H20ClN3O2S. The molecule has 0 bridgehead atoms. The number of aromatic nitrogens is 2. The first-order valence-corrected chi connectivity index (χ1v) is 9.58. The lowest BCUT2D eigenvalue weighted by atomic mass is 10.1. The Bertz CT molecular complexity index is 833. The van der Waals surface area contributed by atoms with E-state index in [1.54, 1.807) is 22.8 Å². The number of carbonyl (C=O) groups is 1. The molecule has 1 aliphatic heterocycles. The smallest absolute Gasteiger partial charge is 0.254 e. The van der Waals surface area contributed by atoms with Gasteiger partial charge in [-0.2, -0.15) is 0 Å². The summed E-state index contributed by atoms with van der Waals surface area (Å²) in [7, 11) is 0. The molecule has 1 aromatic carbocycles. The highest BCUT2D eigenvalue weighted by atomic mass is 35.5. The van der Waals surface area contributed by atoms with Gasteiger partial charge in [-0.15, -0.1) is 0 Å². The fourth-order valence-corrected chi connectivity index (χ4v) is 3.99. The van der Waals surface area contributed by atoms with E-state index in [-0.39, 0.29) is 29.8 Å². The standard InChI is InChI=1S/C18H20ClN3O2S/c1-11(2)15-8-17(24)22-14(10-25-18(22)21-15)7-16(23)20-9-12-3-5-13(19)6-4-12/h3-6,8,11,14H,7,9-10H2,1-2H3,(H,20,23)/t14-/m1/s1. The van der Waals surface area contributed by atoms with E-state index in [0.29, 0.717) is 22.5 Å². The van der Waals surface area contributed by atoms with Crippen molar-refractivity contribution in [2.75, 3.05) is 5.75 Å². The molecule has 0 radical (unpaired) electrons. The van der Waals surface area contributed by atoms with Crippen molar-refractivity contribution in [3.63, 3.8) is 0 Å². The Morgan fingerprint density at radius 3 is 2.80 bits per heavy atom. The maximum atomic E-state index is 12.4. The van der Waals surface area contributed by atoms with E-state index in [1.807, 2.05) is 26.0 Å². The van der Waals surface area contributed by atoms with Crippen molar-refractivity contribution in [2.45, 2.75) is 43.9 Å². The van der Waals surface area contributed by atoms with Crippen LogP contribution in [0, 0.1) is 0 Å². The molecule has 132 valence electrons. The molecule has 0 spiro atoms. The summed E-state index contributed by atoms with van der Waals surface area (Å²) in [5, 5.41) is 4.28. The monoisotopic (exact) mass is 377 g/mol. The summed E-state index contributed by atoms with van der Waals surface area (Å²) in [4.78, 5) is 29.2. The fraction of sp³-hybridized carbons (Fsp3) is 0.389. The van der Waals surface area contributed by atoms with Crippen LogP contribution in [0.1, 0.15) is 43.5 Å². The Morgan fingerprint density at radius 2 is 2.12 bits per heavy atom. The summed E-state index contributed by atoms with van der Waals surface area (Å²) in [6.45, 7) is 4.47. The quantitative estimate of drug-likeness (QED) is 0.811. The Morgan fingerprint density at radius 1 is 1.40 bits per heavy atom. The lowest BCUT2D eigenvalue weighted by molar-refractivity contribution is -0.121. The van der Waals surface area contributed by atoms with Gasteiger partial charge in [0.1, 0.15) is 0 Å². The molecule has 2 heterocycles. The third-order valence-electron chi connectivity index (χ3n) is 4.13. The van der Waals surface area contributed by atoms with Gasteiger partial charge in [0.15, 0.2) is 5.16 Å². The summed E-state index contributed by atoms with van der Waals surface area (Å²) in [5.74, 6) is 0.826. The van der Waals surface area contributed by atoms with Crippen LogP contribution in [0.5, 0.6) is 0 Å². The largest absolute Gasteiger partial charge is 0.352 e. The molecule has 2 aromatic rings. The minimum Gasteiger partial charge on any atom is -0.352 e. The number of nitrogens with one attached hydrogen (secondary N) is 1. The molecule has 7 heteroatoms. The molecular weight excluding hydrogens is 358 g/mol. The molecule has 0 saturated carbocycles. The molecule has 0 saturated heterocycles. The number of halogens is 1. The van der Waals surface area contributed by atoms with Gasteiger partial charge in [-0.05, 0) is 23.6 Å². The van der Waals surface area contributed by atoms with Crippen molar-refractivity contribution in [3.8, 4) is 0 Å². The van der Waals surface area contributed by atoms with Crippen LogP contribution >= 0.6 is 23.4 Å². The maximum absolute atomic E-state index is 12.4. The summed E-state index contributed by atoms with van der Waals surface area (Å²) < 4.78 is 1.65. The van der Waals surface area contributed by atoms with Crippen molar-refractivity contribution in [2.24, 2.45) is 0 Å². The number of rotatable bonds is 5. The summed E-state index contributed by atoms with van der Waals surface area (Å²) in [5.41, 5.74) is 1.71. The van der Waals surface area contributed by atoms with Gasteiger partial charge in [0.05, 0.1) is 11.7 Å². The molecule has 1 aromatic heterocycles. The van der Waals surface area contributed by atoms with Gasteiger partial charge in [0.2, 0.25) is 5.91 Å². The van der Waals surface area contributed by atoms with E-state index in [1.165, 1.54) is 11.8 Å². The number of nitrogens with zero attached hydrogens (tertiary/aromatic N) is 2. The lowest BCUT2D eigenvalue weighted by Gasteiger charge is -2.14. The minimum atomic E-state index is -0.147. The Kier molecular flexibility index (Phi) is 5.49. The number of benzene rings is 1. The molecule has 0 unspecified atom stereocenters. The highest BCUT2D eigenvalue weighted by molar-refractivity contribution is 7.99. The van der Waals surface area contributed by atoms with Crippen LogP contribution in [0.4, 0.5) is 0 Å². The van der Waals surface area contributed by atoms with Crippen LogP contribution < -0.4 is 10.9 Å². The topological polar surface area (TPSA) is 64.0 Å². The van der Waals surface area contributed by atoms with E-state index >= 15 is 0 Å². The van der Waals surface area contributed by atoms with Crippen molar-refractivity contribution in [3.05, 3.63) is 57.0 Å². The van der Waals surface area contributed by atoms with E-state index in [9.17, 15) is 9.59 Å². The third kappa shape index (κ3) is 4.25. The second kappa shape index (κ2) is 7.62. The van der Waals surface area contributed by atoms with Crippen LogP contribution in [0.15, 0.2) is 40.3 Å². The van der Waals surface area contributed by atoms with Gasteiger partial charge in [0, 0.05) is 29.8 Å². The van der Waals surface area contributed by atoms with E-state index in [0.717, 1.165) is 11.3 Å². The first kappa shape index (κ1) is 18.0. The van der Waals surface area contributed by atoms with Crippen LogP contribution in [-0.2, 0) is 11.3 Å². The maximum Gasteiger partial charge on any atom is 0.254 e.